The van der Waals surface area contributed by atoms with Crippen molar-refractivity contribution in [3.63, 3.8) is 0 Å². The summed E-state index contributed by atoms with van der Waals surface area (Å²) < 4.78 is 5.02. The highest BCUT2D eigenvalue weighted by molar-refractivity contribution is 5.72. The van der Waals surface area contributed by atoms with Crippen LogP contribution in [0.15, 0.2) is 23.4 Å². The fourth-order valence-corrected chi connectivity index (χ4v) is 3.66. The number of ether oxygens (including phenoxy) is 1. The van der Waals surface area contributed by atoms with Crippen molar-refractivity contribution in [3.8, 4) is 24.3 Å². The molecule has 0 saturated heterocycles. The van der Waals surface area contributed by atoms with Crippen LogP contribution >= 0.6 is 0 Å². The van der Waals surface area contributed by atoms with Crippen LogP contribution in [0.1, 0.15) is 20.8 Å². The lowest BCUT2D eigenvalue weighted by Crippen LogP contribution is -2.57. The molecule has 0 fully saturated rings. The Morgan fingerprint density at radius 3 is 2.12 bits per heavy atom. The molecular formula is C17H15N5O2. The van der Waals surface area contributed by atoms with E-state index in [0.29, 0.717) is 11.1 Å². The second kappa shape index (κ2) is 5.73. The van der Waals surface area contributed by atoms with Gasteiger partial charge in [0.2, 0.25) is 0 Å². The monoisotopic (exact) mass is 321 g/mol. The predicted octanol–water partition coefficient (Wildman–Crippen LogP) is 2.37. The van der Waals surface area contributed by atoms with Crippen LogP contribution < -0.4 is 0 Å². The third-order valence-corrected chi connectivity index (χ3v) is 4.66. The predicted molar refractivity (Wildman–Crippen MR) is 81.0 cm³/mol. The Hall–Kier alpha value is -3.29. The third kappa shape index (κ3) is 1.82. The van der Waals surface area contributed by atoms with E-state index in [1.807, 2.05) is 24.3 Å². The zero-order chi connectivity index (χ0) is 18.1. The van der Waals surface area contributed by atoms with Crippen molar-refractivity contribution in [2.24, 2.45) is 16.7 Å². The van der Waals surface area contributed by atoms with Gasteiger partial charge in [0.1, 0.15) is 0 Å². The number of nitrogens with zero attached hydrogens (tertiary/aromatic N) is 5. The molecule has 0 saturated carbocycles. The van der Waals surface area contributed by atoms with Crippen LogP contribution in [0.4, 0.5) is 4.79 Å². The van der Waals surface area contributed by atoms with E-state index in [-0.39, 0.29) is 6.61 Å². The summed E-state index contributed by atoms with van der Waals surface area (Å²) in [4.78, 5) is 13.5. The minimum Gasteiger partial charge on any atom is -0.449 e. The molecule has 7 heteroatoms. The van der Waals surface area contributed by atoms with Crippen LogP contribution in [-0.2, 0) is 4.74 Å². The quantitative estimate of drug-likeness (QED) is 0.683. The average molecular weight is 321 g/mol. The minimum atomic E-state index is -2.03. The summed E-state index contributed by atoms with van der Waals surface area (Å²) >= 11 is 0. The second-order valence-corrected chi connectivity index (χ2v) is 5.83. The van der Waals surface area contributed by atoms with E-state index in [1.165, 1.54) is 6.20 Å². The van der Waals surface area contributed by atoms with Crippen LogP contribution in [0, 0.1) is 62.1 Å². The highest BCUT2D eigenvalue weighted by atomic mass is 16.6. The molecule has 0 aromatic rings. The summed E-state index contributed by atoms with van der Waals surface area (Å²) in [6.45, 7) is 5.16. The summed E-state index contributed by atoms with van der Waals surface area (Å²) in [5.74, 6) is -0.748. The van der Waals surface area contributed by atoms with Gasteiger partial charge in [-0.15, -0.1) is 0 Å². The van der Waals surface area contributed by atoms with Crippen molar-refractivity contribution >= 4 is 6.09 Å². The molecule has 3 aliphatic rings. The maximum absolute atomic E-state index is 12.3. The Morgan fingerprint density at radius 2 is 1.67 bits per heavy atom. The largest absolute Gasteiger partial charge is 0.449 e. The fourth-order valence-electron chi connectivity index (χ4n) is 3.66. The van der Waals surface area contributed by atoms with Gasteiger partial charge < -0.3 is 4.74 Å². The summed E-state index contributed by atoms with van der Waals surface area (Å²) in [5, 5.41) is 39.1. The molecule has 0 N–H and O–H groups in total. The fraction of sp³-hybridized carbons (Fsp3) is 0.471. The summed E-state index contributed by atoms with van der Waals surface area (Å²) in [5.41, 5.74) is -2.72. The number of rotatable bonds is 1. The van der Waals surface area contributed by atoms with Gasteiger partial charge in [0.25, 0.3) is 0 Å². The highest BCUT2D eigenvalue weighted by Gasteiger charge is 2.68. The Kier molecular flexibility index (Phi) is 4.07. The second-order valence-electron chi connectivity index (χ2n) is 5.83. The minimum absolute atomic E-state index is 0.120. The zero-order valence-electron chi connectivity index (χ0n) is 13.6. The van der Waals surface area contributed by atoms with Gasteiger partial charge in [0.15, 0.2) is 10.8 Å². The molecule has 2 aliphatic heterocycles. The summed E-state index contributed by atoms with van der Waals surface area (Å²) in [6.07, 6.45) is 2.35. The number of fused-ring (bicyclic) bond motifs is 2. The number of hydrogen-bond acceptors (Lipinski definition) is 6. The van der Waals surface area contributed by atoms with E-state index >= 15 is 0 Å². The average Bonchev–Trinajstić information content (AvgIpc) is 2.76. The lowest BCUT2D eigenvalue weighted by molar-refractivity contribution is 0.0873. The van der Waals surface area contributed by atoms with E-state index in [4.69, 9.17) is 4.74 Å². The molecule has 3 rings (SSSR count). The first-order valence-electron chi connectivity index (χ1n) is 7.35. The molecule has 1 aliphatic carbocycles. The van der Waals surface area contributed by atoms with E-state index in [2.05, 4.69) is 0 Å². The van der Waals surface area contributed by atoms with E-state index in [0.717, 1.165) is 4.90 Å². The SMILES string of the molecule is CCOC(=O)N1C=C(C)C2C(C)=CC1C(C#N)(C#N)C2(C#N)C#N. The lowest BCUT2D eigenvalue weighted by Gasteiger charge is -2.44. The van der Waals surface area contributed by atoms with E-state index in [1.54, 1.807) is 26.8 Å². The van der Waals surface area contributed by atoms with Gasteiger partial charge in [-0.2, -0.15) is 21.0 Å². The topological polar surface area (TPSA) is 125 Å². The van der Waals surface area contributed by atoms with Crippen molar-refractivity contribution in [1.82, 2.24) is 4.90 Å². The number of allylic oxidation sites excluding steroid dienone is 2. The Labute approximate surface area is 140 Å². The van der Waals surface area contributed by atoms with Gasteiger partial charge >= 0.3 is 6.09 Å². The number of amides is 1. The van der Waals surface area contributed by atoms with Crippen molar-refractivity contribution in [2.75, 3.05) is 6.61 Å². The molecule has 0 spiro atoms. The molecule has 7 nitrogen and oxygen atoms in total. The molecule has 120 valence electrons. The van der Waals surface area contributed by atoms with Gasteiger partial charge in [0, 0.05) is 12.1 Å². The van der Waals surface area contributed by atoms with Crippen molar-refractivity contribution < 1.29 is 9.53 Å². The smallest absolute Gasteiger partial charge is 0.414 e. The summed E-state index contributed by atoms with van der Waals surface area (Å²) in [7, 11) is 0. The van der Waals surface area contributed by atoms with Crippen LogP contribution in [0.3, 0.4) is 0 Å². The maximum Gasteiger partial charge on any atom is 0.414 e. The van der Waals surface area contributed by atoms with E-state index in [9.17, 15) is 25.8 Å². The molecule has 0 aromatic carbocycles. The Bertz CT molecular complexity index is 784. The zero-order valence-corrected chi connectivity index (χ0v) is 13.6. The first kappa shape index (κ1) is 17.1. The number of hydrogen-bond donors (Lipinski definition) is 0. The lowest BCUT2D eigenvalue weighted by atomic mass is 9.51. The van der Waals surface area contributed by atoms with Gasteiger partial charge in [-0.25, -0.2) is 4.79 Å². The Balaban J connectivity index is 2.87. The molecule has 0 radical (unpaired) electrons. The number of nitriles is 4. The first-order chi connectivity index (χ1) is 11.4. The van der Waals surface area contributed by atoms with Crippen LogP contribution in [0.5, 0.6) is 0 Å². The van der Waals surface area contributed by atoms with Gasteiger partial charge in [-0.3, -0.25) is 4.90 Å². The molecule has 2 bridgehead atoms. The van der Waals surface area contributed by atoms with Crippen molar-refractivity contribution in [2.45, 2.75) is 26.8 Å². The molecule has 1 amide bonds. The van der Waals surface area contributed by atoms with Crippen molar-refractivity contribution in [3.05, 3.63) is 23.4 Å². The normalized spacial score (nSPS) is 25.7. The van der Waals surface area contributed by atoms with Gasteiger partial charge in [0.05, 0.1) is 36.9 Å². The highest BCUT2D eigenvalue weighted by Crippen LogP contribution is 2.58. The standard InChI is InChI=1S/C17H15N5O2/c1-4-24-15(23)22-6-12(3)14-11(2)5-13(22)16(7-18,8-19)17(14,9-20)10-21/h5-6,13-14H,4H2,1-3H3. The van der Waals surface area contributed by atoms with Crippen molar-refractivity contribution in [1.29, 1.82) is 21.0 Å². The van der Waals surface area contributed by atoms with E-state index < -0.39 is 28.9 Å². The molecular weight excluding hydrogens is 306 g/mol. The number of carbonyl (C=O) groups is 1. The van der Waals surface area contributed by atoms with Crippen LogP contribution in [0.25, 0.3) is 0 Å². The van der Waals surface area contributed by atoms with Crippen LogP contribution in [0.2, 0.25) is 0 Å². The summed E-state index contributed by atoms with van der Waals surface area (Å²) in [6, 6.07) is 6.48. The molecule has 0 aromatic heterocycles. The molecule has 2 unspecified atom stereocenters. The molecule has 2 atom stereocenters. The van der Waals surface area contributed by atoms with Gasteiger partial charge in [-0.05, 0) is 26.3 Å². The third-order valence-electron chi connectivity index (χ3n) is 4.66. The van der Waals surface area contributed by atoms with Gasteiger partial charge in [-0.1, -0.05) is 11.6 Å². The first-order valence-corrected chi connectivity index (χ1v) is 7.35. The molecule has 2 heterocycles. The molecule has 24 heavy (non-hydrogen) atoms. The number of carbonyl (C=O) groups excluding carboxylic acids is 1. The maximum atomic E-state index is 12.3. The van der Waals surface area contributed by atoms with Crippen LogP contribution in [-0.4, -0.2) is 23.6 Å². The Morgan fingerprint density at radius 1 is 1.12 bits per heavy atom.